The van der Waals surface area contributed by atoms with Crippen molar-refractivity contribution in [1.29, 1.82) is 0 Å². The van der Waals surface area contributed by atoms with Crippen molar-refractivity contribution in [2.24, 2.45) is 0 Å². The molecular weight excluding hydrogens is 348 g/mol. The van der Waals surface area contributed by atoms with E-state index in [1.807, 2.05) is 6.92 Å². The summed E-state index contributed by atoms with van der Waals surface area (Å²) in [4.78, 5) is 40.3. The normalized spacial score (nSPS) is 10.4. The van der Waals surface area contributed by atoms with Gasteiger partial charge in [0.15, 0.2) is 0 Å². The smallest absolute Gasteiger partial charge is 0.269 e. The molecular formula is C19H18N4O4. The fraction of sp³-hybridized carbons (Fsp3) is 0.158. The average molecular weight is 366 g/mol. The van der Waals surface area contributed by atoms with Gasteiger partial charge in [-0.05, 0) is 43.3 Å². The molecule has 2 N–H and O–H groups in total. The lowest BCUT2D eigenvalue weighted by Crippen LogP contribution is -2.44. The molecule has 0 bridgehead atoms. The highest BCUT2D eigenvalue weighted by molar-refractivity contribution is 5.95. The fourth-order valence-corrected chi connectivity index (χ4v) is 2.53. The Labute approximate surface area is 154 Å². The molecule has 0 saturated heterocycles. The van der Waals surface area contributed by atoms with Crippen LogP contribution in [0.15, 0.2) is 59.5 Å². The van der Waals surface area contributed by atoms with Gasteiger partial charge in [0.2, 0.25) is 0 Å². The molecule has 0 unspecified atom stereocenters. The molecule has 2 aromatic carbocycles. The molecule has 0 radical (unpaired) electrons. The number of rotatable bonds is 5. The lowest BCUT2D eigenvalue weighted by molar-refractivity contribution is -0.122. The van der Waals surface area contributed by atoms with Crippen LogP contribution in [0.1, 0.15) is 17.3 Å². The highest BCUT2D eigenvalue weighted by atomic mass is 16.5. The van der Waals surface area contributed by atoms with E-state index in [4.69, 9.17) is 4.74 Å². The quantitative estimate of drug-likeness (QED) is 0.662. The van der Waals surface area contributed by atoms with Gasteiger partial charge in [0.1, 0.15) is 12.3 Å². The third kappa shape index (κ3) is 4.30. The molecule has 0 aliphatic carbocycles. The van der Waals surface area contributed by atoms with Crippen molar-refractivity contribution in [3.8, 4) is 5.75 Å². The molecule has 138 valence electrons. The number of benzene rings is 2. The summed E-state index contributed by atoms with van der Waals surface area (Å²) >= 11 is 0. The van der Waals surface area contributed by atoms with E-state index >= 15 is 0 Å². The number of aromatic nitrogens is 2. The Bertz CT molecular complexity index is 1030. The van der Waals surface area contributed by atoms with Crippen molar-refractivity contribution in [2.45, 2.75) is 13.5 Å². The summed E-state index contributed by atoms with van der Waals surface area (Å²) in [5.41, 5.74) is 5.74. The van der Waals surface area contributed by atoms with Crippen LogP contribution >= 0.6 is 0 Å². The van der Waals surface area contributed by atoms with Crippen molar-refractivity contribution in [3.05, 3.63) is 70.6 Å². The van der Waals surface area contributed by atoms with Gasteiger partial charge >= 0.3 is 0 Å². The third-order valence-electron chi connectivity index (χ3n) is 3.80. The van der Waals surface area contributed by atoms with Crippen molar-refractivity contribution < 1.29 is 14.3 Å². The number of nitrogens with zero attached hydrogens (tertiary/aromatic N) is 2. The third-order valence-corrected chi connectivity index (χ3v) is 3.80. The van der Waals surface area contributed by atoms with E-state index in [1.165, 1.54) is 4.57 Å². The van der Waals surface area contributed by atoms with E-state index in [9.17, 15) is 14.4 Å². The maximum absolute atomic E-state index is 12.2. The van der Waals surface area contributed by atoms with Gasteiger partial charge in [-0.25, -0.2) is 4.98 Å². The van der Waals surface area contributed by atoms with Crippen LogP contribution in [0, 0.1) is 0 Å². The summed E-state index contributed by atoms with van der Waals surface area (Å²) in [6.07, 6.45) is 1.16. The molecule has 3 rings (SSSR count). The zero-order chi connectivity index (χ0) is 19.2. The molecule has 27 heavy (non-hydrogen) atoms. The Kier molecular flexibility index (Phi) is 5.46. The van der Waals surface area contributed by atoms with Crippen LogP contribution in [-0.4, -0.2) is 28.0 Å². The molecule has 1 heterocycles. The fourth-order valence-electron chi connectivity index (χ4n) is 2.53. The standard InChI is InChI=1S/C19H18N4O4/c1-2-27-14-9-7-13(8-10-14)19(26)22-21-17(24)12-23-16-6-4-3-5-15(16)20-11-18(23)25/h3-11H,2,12H2,1H3,(H,21,24)(H,22,26). The first-order valence-electron chi connectivity index (χ1n) is 8.35. The molecule has 0 spiro atoms. The SMILES string of the molecule is CCOc1ccc(C(=O)NNC(=O)Cn2c(=O)cnc3ccccc32)cc1. The van der Waals surface area contributed by atoms with Crippen LogP contribution in [0.2, 0.25) is 0 Å². The number of para-hydroxylation sites is 2. The van der Waals surface area contributed by atoms with Crippen LogP contribution in [0.25, 0.3) is 11.0 Å². The van der Waals surface area contributed by atoms with Crippen molar-refractivity contribution in [2.75, 3.05) is 6.61 Å². The maximum atomic E-state index is 12.2. The molecule has 0 saturated carbocycles. The van der Waals surface area contributed by atoms with Crippen LogP contribution < -0.4 is 21.1 Å². The Morgan fingerprint density at radius 2 is 1.81 bits per heavy atom. The molecule has 8 nitrogen and oxygen atoms in total. The predicted molar refractivity (Wildman–Crippen MR) is 99.2 cm³/mol. The van der Waals surface area contributed by atoms with Crippen molar-refractivity contribution >= 4 is 22.8 Å². The summed E-state index contributed by atoms with van der Waals surface area (Å²) in [6.45, 7) is 2.16. The highest BCUT2D eigenvalue weighted by Gasteiger charge is 2.11. The maximum Gasteiger partial charge on any atom is 0.269 e. The Morgan fingerprint density at radius 3 is 2.56 bits per heavy atom. The van der Waals surface area contributed by atoms with Crippen LogP contribution in [0.3, 0.4) is 0 Å². The van der Waals surface area contributed by atoms with Crippen molar-refractivity contribution in [1.82, 2.24) is 20.4 Å². The Balaban J connectivity index is 1.64. The van der Waals surface area contributed by atoms with Gasteiger partial charge in [0.05, 0.1) is 23.8 Å². The monoisotopic (exact) mass is 366 g/mol. The number of carbonyl (C=O) groups excluding carboxylic acids is 2. The largest absolute Gasteiger partial charge is 0.494 e. The van der Waals surface area contributed by atoms with Crippen LogP contribution in [0.4, 0.5) is 0 Å². The zero-order valence-corrected chi connectivity index (χ0v) is 14.6. The molecule has 0 atom stereocenters. The molecule has 8 heteroatoms. The molecule has 3 aromatic rings. The number of hydrazine groups is 1. The topological polar surface area (TPSA) is 102 Å². The average Bonchev–Trinajstić information content (AvgIpc) is 2.69. The lowest BCUT2D eigenvalue weighted by Gasteiger charge is -2.11. The van der Waals surface area contributed by atoms with Crippen LogP contribution in [-0.2, 0) is 11.3 Å². The molecule has 2 amide bonds. The van der Waals surface area contributed by atoms with Gasteiger partial charge in [0, 0.05) is 5.56 Å². The number of nitrogens with one attached hydrogen (secondary N) is 2. The number of ether oxygens (including phenoxy) is 1. The molecule has 0 aliphatic heterocycles. The second-order valence-electron chi connectivity index (χ2n) is 5.63. The van der Waals surface area contributed by atoms with Gasteiger partial charge in [-0.3, -0.25) is 29.8 Å². The van der Waals surface area contributed by atoms with Crippen LogP contribution in [0.5, 0.6) is 5.75 Å². The summed E-state index contributed by atoms with van der Waals surface area (Å²) in [5.74, 6) is -0.354. The molecule has 0 fully saturated rings. The Morgan fingerprint density at radius 1 is 1.07 bits per heavy atom. The summed E-state index contributed by atoms with van der Waals surface area (Å²) < 4.78 is 6.60. The minimum absolute atomic E-state index is 0.245. The van der Waals surface area contributed by atoms with E-state index in [-0.39, 0.29) is 6.54 Å². The van der Waals surface area contributed by atoms with Gasteiger partial charge in [-0.1, -0.05) is 12.1 Å². The minimum Gasteiger partial charge on any atom is -0.494 e. The van der Waals surface area contributed by atoms with E-state index in [1.54, 1.807) is 48.5 Å². The van der Waals surface area contributed by atoms with E-state index in [0.29, 0.717) is 29.0 Å². The van der Waals surface area contributed by atoms with E-state index < -0.39 is 17.4 Å². The second-order valence-corrected chi connectivity index (χ2v) is 5.63. The first kappa shape index (κ1) is 18.1. The summed E-state index contributed by atoms with van der Waals surface area (Å²) in [6, 6.07) is 13.5. The first-order chi connectivity index (χ1) is 13.1. The number of hydrogen-bond donors (Lipinski definition) is 2. The van der Waals surface area contributed by atoms with Gasteiger partial charge < -0.3 is 4.74 Å². The Hall–Kier alpha value is -3.68. The second kappa shape index (κ2) is 8.13. The number of hydrogen-bond acceptors (Lipinski definition) is 5. The van der Waals surface area contributed by atoms with E-state index in [2.05, 4.69) is 15.8 Å². The number of carbonyl (C=O) groups is 2. The minimum atomic E-state index is -0.535. The lowest BCUT2D eigenvalue weighted by atomic mass is 10.2. The summed E-state index contributed by atoms with van der Waals surface area (Å²) in [7, 11) is 0. The summed E-state index contributed by atoms with van der Waals surface area (Å²) in [5, 5.41) is 0. The number of amides is 2. The number of fused-ring (bicyclic) bond motifs is 1. The van der Waals surface area contributed by atoms with Gasteiger partial charge in [0.25, 0.3) is 17.4 Å². The molecule has 1 aromatic heterocycles. The van der Waals surface area contributed by atoms with Crippen molar-refractivity contribution in [3.63, 3.8) is 0 Å². The zero-order valence-electron chi connectivity index (χ0n) is 14.6. The predicted octanol–water partition coefficient (Wildman–Crippen LogP) is 1.26. The first-order valence-corrected chi connectivity index (χ1v) is 8.35. The van der Waals surface area contributed by atoms with E-state index in [0.717, 1.165) is 6.20 Å². The van der Waals surface area contributed by atoms with Gasteiger partial charge in [-0.15, -0.1) is 0 Å². The molecule has 0 aliphatic rings. The highest BCUT2D eigenvalue weighted by Crippen LogP contribution is 2.12. The van der Waals surface area contributed by atoms with Gasteiger partial charge in [-0.2, -0.15) is 0 Å².